The third kappa shape index (κ3) is 3.45. The third-order valence-corrected chi connectivity index (χ3v) is 3.20. The SMILES string of the molecule is CCCn1nccc1-c1cc(F)ccc1CNC(C)C. The molecule has 0 aliphatic rings. The molecule has 3 nitrogen and oxygen atoms in total. The van der Waals surface area contributed by atoms with Gasteiger partial charge in [-0.1, -0.05) is 26.8 Å². The van der Waals surface area contributed by atoms with E-state index in [4.69, 9.17) is 0 Å². The van der Waals surface area contributed by atoms with Crippen LogP contribution in [0, 0.1) is 5.82 Å². The van der Waals surface area contributed by atoms with Crippen LogP contribution in [0.1, 0.15) is 32.8 Å². The van der Waals surface area contributed by atoms with E-state index in [0.29, 0.717) is 6.04 Å². The molecule has 1 heterocycles. The monoisotopic (exact) mass is 275 g/mol. The van der Waals surface area contributed by atoms with Crippen LogP contribution in [-0.2, 0) is 13.1 Å². The first kappa shape index (κ1) is 14.7. The molecule has 0 aliphatic carbocycles. The highest BCUT2D eigenvalue weighted by molar-refractivity contribution is 5.64. The zero-order valence-electron chi connectivity index (χ0n) is 12.4. The first-order valence-electron chi connectivity index (χ1n) is 7.15. The van der Waals surface area contributed by atoms with Gasteiger partial charge in [0, 0.05) is 30.9 Å². The van der Waals surface area contributed by atoms with Crippen molar-refractivity contribution in [3.05, 3.63) is 41.8 Å². The number of rotatable bonds is 6. The standard InChI is InChI=1S/C16H22FN3/c1-4-9-20-16(7-8-19-20)15-10-14(17)6-5-13(15)11-18-12(2)3/h5-8,10,12,18H,4,9,11H2,1-3H3. The quantitative estimate of drug-likeness (QED) is 0.873. The maximum absolute atomic E-state index is 13.6. The van der Waals surface area contributed by atoms with E-state index in [1.807, 2.05) is 16.8 Å². The fraction of sp³-hybridized carbons (Fsp3) is 0.438. The molecule has 2 aromatic rings. The summed E-state index contributed by atoms with van der Waals surface area (Å²) < 4.78 is 15.5. The van der Waals surface area contributed by atoms with E-state index >= 15 is 0 Å². The highest BCUT2D eigenvalue weighted by atomic mass is 19.1. The highest BCUT2D eigenvalue weighted by Gasteiger charge is 2.11. The summed E-state index contributed by atoms with van der Waals surface area (Å²) in [5.41, 5.74) is 2.99. The number of nitrogens with zero attached hydrogens (tertiary/aromatic N) is 2. The molecule has 0 saturated heterocycles. The lowest BCUT2D eigenvalue weighted by Gasteiger charge is -2.14. The smallest absolute Gasteiger partial charge is 0.123 e. The lowest BCUT2D eigenvalue weighted by atomic mass is 10.0. The Morgan fingerprint density at radius 2 is 2.10 bits per heavy atom. The van der Waals surface area contributed by atoms with Gasteiger partial charge in [0.05, 0.1) is 5.69 Å². The van der Waals surface area contributed by atoms with Gasteiger partial charge < -0.3 is 5.32 Å². The highest BCUT2D eigenvalue weighted by Crippen LogP contribution is 2.25. The Hall–Kier alpha value is -1.68. The minimum absolute atomic E-state index is 0.211. The maximum Gasteiger partial charge on any atom is 0.123 e. The molecule has 2 rings (SSSR count). The van der Waals surface area contributed by atoms with Crippen molar-refractivity contribution in [2.75, 3.05) is 0 Å². The first-order valence-corrected chi connectivity index (χ1v) is 7.15. The van der Waals surface area contributed by atoms with Crippen LogP contribution in [0.2, 0.25) is 0 Å². The van der Waals surface area contributed by atoms with Crippen LogP contribution in [0.5, 0.6) is 0 Å². The Labute approximate surface area is 119 Å². The zero-order chi connectivity index (χ0) is 14.5. The summed E-state index contributed by atoms with van der Waals surface area (Å²) in [4.78, 5) is 0. The molecule has 0 bridgehead atoms. The molecule has 0 saturated carbocycles. The number of aromatic nitrogens is 2. The van der Waals surface area contributed by atoms with Gasteiger partial charge in [-0.25, -0.2) is 4.39 Å². The number of hydrogen-bond donors (Lipinski definition) is 1. The lowest BCUT2D eigenvalue weighted by molar-refractivity contribution is 0.584. The van der Waals surface area contributed by atoms with Crippen LogP contribution < -0.4 is 5.32 Å². The van der Waals surface area contributed by atoms with Crippen molar-refractivity contribution in [2.45, 2.75) is 46.3 Å². The molecule has 1 N–H and O–H groups in total. The Kier molecular flexibility index (Phi) is 4.90. The first-order chi connectivity index (χ1) is 9.61. The second kappa shape index (κ2) is 6.66. The van der Waals surface area contributed by atoms with E-state index in [0.717, 1.165) is 36.3 Å². The predicted molar refractivity (Wildman–Crippen MR) is 79.9 cm³/mol. The average molecular weight is 275 g/mol. The van der Waals surface area contributed by atoms with Crippen molar-refractivity contribution in [1.82, 2.24) is 15.1 Å². The van der Waals surface area contributed by atoms with Gasteiger partial charge in [0.15, 0.2) is 0 Å². The number of hydrogen-bond acceptors (Lipinski definition) is 2. The Balaban J connectivity index is 2.37. The minimum Gasteiger partial charge on any atom is -0.310 e. The van der Waals surface area contributed by atoms with E-state index in [-0.39, 0.29) is 5.82 Å². The second-order valence-corrected chi connectivity index (χ2v) is 5.28. The number of nitrogens with one attached hydrogen (secondary N) is 1. The van der Waals surface area contributed by atoms with Gasteiger partial charge in [-0.2, -0.15) is 5.10 Å². The van der Waals surface area contributed by atoms with Crippen LogP contribution in [0.3, 0.4) is 0 Å². The third-order valence-electron chi connectivity index (χ3n) is 3.20. The molecule has 0 amide bonds. The van der Waals surface area contributed by atoms with Gasteiger partial charge in [-0.05, 0) is 30.2 Å². The molecule has 20 heavy (non-hydrogen) atoms. The molecule has 1 aromatic heterocycles. The molecule has 0 spiro atoms. The fourth-order valence-corrected chi connectivity index (χ4v) is 2.21. The summed E-state index contributed by atoms with van der Waals surface area (Å²) in [5.74, 6) is -0.211. The topological polar surface area (TPSA) is 29.9 Å². The van der Waals surface area contributed by atoms with Gasteiger partial charge in [0.2, 0.25) is 0 Å². The summed E-state index contributed by atoms with van der Waals surface area (Å²) in [6, 6.07) is 7.31. The molecule has 0 fully saturated rings. The zero-order valence-corrected chi connectivity index (χ0v) is 12.4. The molecule has 0 radical (unpaired) electrons. The number of halogens is 1. The van der Waals surface area contributed by atoms with Gasteiger partial charge in [0.25, 0.3) is 0 Å². The van der Waals surface area contributed by atoms with Crippen LogP contribution >= 0.6 is 0 Å². The van der Waals surface area contributed by atoms with Crippen molar-refractivity contribution in [1.29, 1.82) is 0 Å². The van der Waals surface area contributed by atoms with E-state index in [1.54, 1.807) is 12.3 Å². The Morgan fingerprint density at radius 3 is 2.80 bits per heavy atom. The van der Waals surface area contributed by atoms with Crippen LogP contribution in [0.4, 0.5) is 4.39 Å². The van der Waals surface area contributed by atoms with Gasteiger partial charge in [-0.3, -0.25) is 4.68 Å². The summed E-state index contributed by atoms with van der Waals surface area (Å²) in [7, 11) is 0. The summed E-state index contributed by atoms with van der Waals surface area (Å²) in [6.45, 7) is 7.88. The molecule has 0 unspecified atom stereocenters. The van der Waals surface area contributed by atoms with Crippen molar-refractivity contribution in [2.24, 2.45) is 0 Å². The summed E-state index contributed by atoms with van der Waals surface area (Å²) in [5, 5.41) is 7.71. The van der Waals surface area contributed by atoms with Crippen LogP contribution in [-0.4, -0.2) is 15.8 Å². The second-order valence-electron chi connectivity index (χ2n) is 5.28. The lowest BCUT2D eigenvalue weighted by Crippen LogP contribution is -2.22. The fourth-order valence-electron chi connectivity index (χ4n) is 2.21. The van der Waals surface area contributed by atoms with Gasteiger partial charge >= 0.3 is 0 Å². The number of aryl methyl sites for hydroxylation is 1. The molecular formula is C16H22FN3. The van der Waals surface area contributed by atoms with Crippen molar-refractivity contribution in [3.8, 4) is 11.3 Å². The van der Waals surface area contributed by atoms with Crippen molar-refractivity contribution < 1.29 is 4.39 Å². The van der Waals surface area contributed by atoms with Crippen molar-refractivity contribution >= 4 is 0 Å². The predicted octanol–water partition coefficient (Wildman–Crippen LogP) is 3.60. The normalized spacial score (nSPS) is 11.2. The molecule has 4 heteroatoms. The van der Waals surface area contributed by atoms with E-state index < -0.39 is 0 Å². The largest absolute Gasteiger partial charge is 0.310 e. The molecule has 1 aromatic carbocycles. The van der Waals surface area contributed by atoms with Gasteiger partial charge in [-0.15, -0.1) is 0 Å². The Bertz CT molecular complexity index is 561. The Morgan fingerprint density at radius 1 is 1.30 bits per heavy atom. The minimum atomic E-state index is -0.211. The molecule has 0 atom stereocenters. The summed E-state index contributed by atoms with van der Waals surface area (Å²) in [6.07, 6.45) is 2.78. The van der Waals surface area contributed by atoms with Gasteiger partial charge in [0.1, 0.15) is 5.82 Å². The molecule has 0 aliphatic heterocycles. The summed E-state index contributed by atoms with van der Waals surface area (Å²) >= 11 is 0. The van der Waals surface area contributed by atoms with Crippen molar-refractivity contribution in [3.63, 3.8) is 0 Å². The molecular weight excluding hydrogens is 253 g/mol. The maximum atomic E-state index is 13.6. The number of benzene rings is 1. The molecule has 108 valence electrons. The van der Waals surface area contributed by atoms with E-state index in [2.05, 4.69) is 31.2 Å². The van der Waals surface area contributed by atoms with E-state index in [9.17, 15) is 4.39 Å². The van der Waals surface area contributed by atoms with E-state index in [1.165, 1.54) is 6.07 Å². The van der Waals surface area contributed by atoms with Crippen LogP contribution in [0.15, 0.2) is 30.5 Å². The van der Waals surface area contributed by atoms with Crippen LogP contribution in [0.25, 0.3) is 11.3 Å². The average Bonchev–Trinajstić information content (AvgIpc) is 2.85.